The Bertz CT molecular complexity index is 1200. The quantitative estimate of drug-likeness (QED) is 0.527. The van der Waals surface area contributed by atoms with E-state index in [-0.39, 0.29) is 5.91 Å². The number of hydrogen-bond donors (Lipinski definition) is 0. The van der Waals surface area contributed by atoms with Crippen molar-refractivity contribution >= 4 is 40.5 Å². The number of hydrogen-bond acceptors (Lipinski definition) is 5. The molecule has 3 unspecified atom stereocenters. The molecule has 0 aromatic heterocycles. The van der Waals surface area contributed by atoms with Crippen molar-refractivity contribution in [2.24, 2.45) is 5.92 Å². The summed E-state index contributed by atoms with van der Waals surface area (Å²) in [5.74, 6) is -2.05. The lowest BCUT2D eigenvalue weighted by molar-refractivity contribution is -0.126. The molecule has 0 N–H and O–H groups in total. The smallest absolute Gasteiger partial charge is 0.266 e. The molecule has 3 atom stereocenters. The molecule has 0 saturated carbocycles. The third-order valence-electron chi connectivity index (χ3n) is 6.03. The minimum absolute atomic E-state index is 0.323. The normalized spacial score (nSPS) is 22.1. The van der Waals surface area contributed by atoms with Crippen molar-refractivity contribution < 1.29 is 18.8 Å². The Hall–Kier alpha value is -3.42. The van der Waals surface area contributed by atoms with Crippen LogP contribution < -0.4 is 14.9 Å². The summed E-state index contributed by atoms with van der Waals surface area (Å²) in [6.45, 7) is 0. The van der Waals surface area contributed by atoms with Crippen LogP contribution in [0.15, 0.2) is 72.8 Å². The van der Waals surface area contributed by atoms with Crippen LogP contribution in [0.25, 0.3) is 0 Å². The highest BCUT2D eigenvalue weighted by atomic mass is 35.5. The molecular formula is C25H21ClFN3O3. The molecule has 33 heavy (non-hydrogen) atoms. The van der Waals surface area contributed by atoms with Gasteiger partial charge in [0.1, 0.15) is 11.7 Å². The van der Waals surface area contributed by atoms with E-state index >= 15 is 0 Å². The standard InChI is InChI=1S/C25H21ClFN3O3/c1-28(2)18-9-3-15(4-10-18)22-21-23(33-30(22)20-11-5-16(26)6-12-20)25(32)29(24(21)31)19-13-7-17(27)8-14-19/h3-14,21-23H,1-2H3. The van der Waals surface area contributed by atoms with Crippen LogP contribution in [0.4, 0.5) is 21.5 Å². The van der Waals surface area contributed by atoms with Crippen LogP contribution >= 0.6 is 11.6 Å². The highest BCUT2D eigenvalue weighted by Gasteiger charge is 2.60. The maximum atomic E-state index is 13.5. The van der Waals surface area contributed by atoms with E-state index in [0.29, 0.717) is 16.4 Å². The summed E-state index contributed by atoms with van der Waals surface area (Å²) >= 11 is 6.05. The monoisotopic (exact) mass is 465 g/mol. The van der Waals surface area contributed by atoms with E-state index in [4.69, 9.17) is 16.4 Å². The lowest BCUT2D eigenvalue weighted by Gasteiger charge is -2.29. The first-order valence-electron chi connectivity index (χ1n) is 10.5. The summed E-state index contributed by atoms with van der Waals surface area (Å²) < 4.78 is 13.4. The van der Waals surface area contributed by atoms with E-state index < -0.39 is 29.8 Å². The Labute approximate surface area is 195 Å². The first-order chi connectivity index (χ1) is 15.8. The van der Waals surface area contributed by atoms with Gasteiger partial charge in [-0.15, -0.1) is 0 Å². The summed E-state index contributed by atoms with van der Waals surface area (Å²) in [4.78, 5) is 36.0. The molecule has 5 rings (SSSR count). The van der Waals surface area contributed by atoms with Crippen molar-refractivity contribution in [3.8, 4) is 0 Å². The predicted molar refractivity (Wildman–Crippen MR) is 125 cm³/mol. The summed E-state index contributed by atoms with van der Waals surface area (Å²) in [6, 6.07) is 19.6. The molecular weight excluding hydrogens is 445 g/mol. The second kappa shape index (κ2) is 8.17. The minimum atomic E-state index is -0.989. The van der Waals surface area contributed by atoms with Crippen molar-refractivity contribution in [3.63, 3.8) is 0 Å². The van der Waals surface area contributed by atoms with E-state index in [9.17, 15) is 14.0 Å². The molecule has 2 aliphatic rings. The van der Waals surface area contributed by atoms with Gasteiger partial charge in [-0.25, -0.2) is 14.4 Å². The van der Waals surface area contributed by atoms with Gasteiger partial charge in [0.25, 0.3) is 5.91 Å². The highest BCUT2D eigenvalue weighted by molar-refractivity contribution is 6.30. The molecule has 0 aliphatic carbocycles. The number of imide groups is 1. The van der Waals surface area contributed by atoms with Gasteiger partial charge >= 0.3 is 0 Å². The van der Waals surface area contributed by atoms with Crippen molar-refractivity contribution in [1.29, 1.82) is 0 Å². The summed E-state index contributed by atoms with van der Waals surface area (Å²) in [5, 5.41) is 2.19. The molecule has 168 valence electrons. The maximum absolute atomic E-state index is 13.5. The highest BCUT2D eigenvalue weighted by Crippen LogP contribution is 2.47. The second-order valence-corrected chi connectivity index (χ2v) is 8.71. The minimum Gasteiger partial charge on any atom is -0.378 e. The van der Waals surface area contributed by atoms with Gasteiger partial charge in [0.2, 0.25) is 5.91 Å². The molecule has 6 nitrogen and oxygen atoms in total. The first-order valence-corrected chi connectivity index (χ1v) is 10.8. The van der Waals surface area contributed by atoms with Gasteiger partial charge in [0.15, 0.2) is 6.10 Å². The zero-order chi connectivity index (χ0) is 23.3. The number of carbonyl (C=O) groups excluding carboxylic acids is 2. The van der Waals surface area contributed by atoms with Gasteiger partial charge in [0.05, 0.1) is 17.4 Å². The maximum Gasteiger partial charge on any atom is 0.266 e. The average Bonchev–Trinajstić information content (AvgIpc) is 3.31. The van der Waals surface area contributed by atoms with Crippen molar-refractivity contribution in [2.75, 3.05) is 29.0 Å². The SMILES string of the molecule is CN(C)c1ccc(C2C3C(=O)N(c4ccc(F)cc4)C(=O)C3ON2c2ccc(Cl)cc2)cc1. The zero-order valence-corrected chi connectivity index (χ0v) is 18.7. The summed E-state index contributed by atoms with van der Waals surface area (Å²) in [6.07, 6.45) is -0.989. The molecule has 2 amide bonds. The fraction of sp³-hybridized carbons (Fsp3) is 0.200. The number of carbonyl (C=O) groups is 2. The van der Waals surface area contributed by atoms with E-state index in [0.717, 1.165) is 16.2 Å². The van der Waals surface area contributed by atoms with Crippen LogP contribution in [0.3, 0.4) is 0 Å². The van der Waals surface area contributed by atoms with Gasteiger partial charge < -0.3 is 4.90 Å². The molecule has 2 saturated heterocycles. The number of benzene rings is 3. The number of anilines is 3. The number of amides is 2. The third-order valence-corrected chi connectivity index (χ3v) is 6.28. The lowest BCUT2D eigenvalue weighted by Crippen LogP contribution is -2.37. The molecule has 3 aromatic carbocycles. The zero-order valence-electron chi connectivity index (χ0n) is 18.0. The van der Waals surface area contributed by atoms with Gasteiger partial charge in [0, 0.05) is 24.8 Å². The Morgan fingerprint density at radius 3 is 2.06 bits per heavy atom. The van der Waals surface area contributed by atoms with E-state index in [1.54, 1.807) is 29.3 Å². The number of nitrogens with zero attached hydrogens (tertiary/aromatic N) is 3. The van der Waals surface area contributed by atoms with Gasteiger partial charge in [-0.05, 0) is 66.2 Å². The fourth-order valence-electron chi connectivity index (χ4n) is 4.38. The molecule has 8 heteroatoms. The summed E-state index contributed by atoms with van der Waals surface area (Å²) in [7, 11) is 3.90. The number of hydroxylamine groups is 1. The predicted octanol–water partition coefficient (Wildman–Crippen LogP) is 4.60. The van der Waals surface area contributed by atoms with Crippen molar-refractivity contribution in [2.45, 2.75) is 12.1 Å². The van der Waals surface area contributed by atoms with Crippen LogP contribution in [0.1, 0.15) is 11.6 Å². The number of rotatable bonds is 4. The molecule has 0 radical (unpaired) electrons. The summed E-state index contributed by atoms with van der Waals surface area (Å²) in [5.41, 5.74) is 2.85. The van der Waals surface area contributed by atoms with Crippen LogP contribution in [0, 0.1) is 11.7 Å². The van der Waals surface area contributed by atoms with E-state index in [1.165, 1.54) is 24.3 Å². The molecule has 2 heterocycles. The van der Waals surface area contributed by atoms with Gasteiger partial charge in [-0.1, -0.05) is 23.7 Å². The van der Waals surface area contributed by atoms with Crippen LogP contribution in [-0.4, -0.2) is 32.0 Å². The van der Waals surface area contributed by atoms with E-state index in [1.807, 2.05) is 43.3 Å². The van der Waals surface area contributed by atoms with Gasteiger partial charge in [-0.2, -0.15) is 0 Å². The lowest BCUT2D eigenvalue weighted by atomic mass is 9.90. The molecule has 2 fully saturated rings. The molecule has 0 bridgehead atoms. The van der Waals surface area contributed by atoms with Crippen LogP contribution in [-0.2, 0) is 14.4 Å². The largest absolute Gasteiger partial charge is 0.378 e. The van der Waals surface area contributed by atoms with Gasteiger partial charge in [-0.3, -0.25) is 14.4 Å². The third kappa shape index (κ3) is 3.63. The number of halogens is 2. The Kier molecular flexibility index (Phi) is 5.31. The Morgan fingerprint density at radius 2 is 1.45 bits per heavy atom. The molecule has 2 aliphatic heterocycles. The topological polar surface area (TPSA) is 53.1 Å². The Morgan fingerprint density at radius 1 is 0.848 bits per heavy atom. The molecule has 0 spiro atoms. The fourth-order valence-corrected chi connectivity index (χ4v) is 4.51. The van der Waals surface area contributed by atoms with E-state index in [2.05, 4.69) is 0 Å². The second-order valence-electron chi connectivity index (χ2n) is 8.27. The van der Waals surface area contributed by atoms with Crippen molar-refractivity contribution in [3.05, 3.63) is 89.2 Å². The number of fused-ring (bicyclic) bond motifs is 1. The van der Waals surface area contributed by atoms with Crippen LogP contribution in [0.2, 0.25) is 5.02 Å². The van der Waals surface area contributed by atoms with Crippen LogP contribution in [0.5, 0.6) is 0 Å². The van der Waals surface area contributed by atoms with Crippen molar-refractivity contribution in [1.82, 2.24) is 0 Å². The Balaban J connectivity index is 1.57. The molecule has 3 aromatic rings. The average molecular weight is 466 g/mol. The first kappa shape index (κ1) is 21.4.